The smallest absolute Gasteiger partial charge is 0.328 e. The van der Waals surface area contributed by atoms with Crippen LogP contribution in [-0.4, -0.2) is 24.3 Å². The molecule has 0 aromatic heterocycles. The minimum absolute atomic E-state index is 0.351. The molecule has 1 heterocycles. The van der Waals surface area contributed by atoms with Gasteiger partial charge in [0.25, 0.3) is 0 Å². The van der Waals surface area contributed by atoms with Gasteiger partial charge in [0.05, 0.1) is 18.6 Å². The number of carbonyl (C=O) groups is 1. The van der Waals surface area contributed by atoms with E-state index in [0.29, 0.717) is 18.8 Å². The van der Waals surface area contributed by atoms with Crippen molar-refractivity contribution >= 4 is 12.0 Å². The largest absolute Gasteiger partial charge is 0.478 e. The molecule has 0 atom stereocenters. The summed E-state index contributed by atoms with van der Waals surface area (Å²) >= 11 is 0. The first-order valence-electron chi connectivity index (χ1n) is 10.6. The summed E-state index contributed by atoms with van der Waals surface area (Å²) in [6.07, 6.45) is 4.42. The Morgan fingerprint density at radius 1 is 0.875 bits per heavy atom. The second-order valence-electron chi connectivity index (χ2n) is 7.99. The van der Waals surface area contributed by atoms with Crippen molar-refractivity contribution in [2.24, 2.45) is 0 Å². The van der Waals surface area contributed by atoms with E-state index in [9.17, 15) is 4.79 Å². The van der Waals surface area contributed by atoms with Crippen LogP contribution in [0.2, 0.25) is 0 Å². The number of hydrogen-bond acceptors (Lipinski definition) is 3. The molecule has 1 fully saturated rings. The summed E-state index contributed by atoms with van der Waals surface area (Å²) in [4.78, 5) is 10.7. The molecule has 3 aromatic carbocycles. The Morgan fingerprint density at radius 3 is 1.91 bits per heavy atom. The van der Waals surface area contributed by atoms with E-state index in [1.165, 1.54) is 17.2 Å². The van der Waals surface area contributed by atoms with Crippen molar-refractivity contribution in [3.05, 3.63) is 125 Å². The van der Waals surface area contributed by atoms with Gasteiger partial charge in [-0.2, -0.15) is 0 Å². The van der Waals surface area contributed by atoms with Crippen molar-refractivity contribution in [1.29, 1.82) is 0 Å². The molecule has 1 N–H and O–H groups in total. The maximum absolute atomic E-state index is 10.7. The third-order valence-electron chi connectivity index (χ3n) is 5.71. The highest BCUT2D eigenvalue weighted by molar-refractivity contribution is 5.81. The maximum Gasteiger partial charge on any atom is 0.328 e. The molecule has 4 rings (SSSR count). The summed E-state index contributed by atoms with van der Waals surface area (Å²) in [6, 6.07) is 28.7. The van der Waals surface area contributed by atoms with Crippen molar-refractivity contribution in [2.75, 3.05) is 13.2 Å². The minimum atomic E-state index is -0.948. The molecule has 1 aliphatic heterocycles. The van der Waals surface area contributed by atoms with Crippen molar-refractivity contribution in [3.63, 3.8) is 0 Å². The van der Waals surface area contributed by atoms with E-state index >= 15 is 0 Å². The Morgan fingerprint density at radius 2 is 1.41 bits per heavy atom. The van der Waals surface area contributed by atoms with Crippen molar-refractivity contribution in [2.45, 2.75) is 18.6 Å². The molecule has 162 valence electrons. The lowest BCUT2D eigenvalue weighted by Crippen LogP contribution is -2.43. The third-order valence-corrected chi connectivity index (χ3v) is 5.71. The summed E-state index contributed by atoms with van der Waals surface area (Å²) < 4.78 is 12.5. The highest BCUT2D eigenvalue weighted by Gasteiger charge is 2.40. The molecule has 1 aliphatic rings. The fourth-order valence-corrected chi connectivity index (χ4v) is 3.97. The lowest BCUT2D eigenvalue weighted by Gasteiger charge is -2.41. The third kappa shape index (κ3) is 4.88. The molecule has 4 nitrogen and oxygen atoms in total. The van der Waals surface area contributed by atoms with Gasteiger partial charge in [-0.3, -0.25) is 0 Å². The van der Waals surface area contributed by atoms with Crippen LogP contribution < -0.4 is 0 Å². The van der Waals surface area contributed by atoms with Crippen molar-refractivity contribution in [3.8, 4) is 0 Å². The van der Waals surface area contributed by atoms with Gasteiger partial charge in [-0.1, -0.05) is 97.1 Å². The highest BCUT2D eigenvalue weighted by atomic mass is 16.7. The van der Waals surface area contributed by atoms with Crippen LogP contribution in [-0.2, 0) is 19.7 Å². The van der Waals surface area contributed by atoms with E-state index in [1.54, 1.807) is 13.0 Å². The molecule has 0 aliphatic carbocycles. The Bertz CT molecular complexity index is 1050. The van der Waals surface area contributed by atoms with Crippen LogP contribution in [0, 0.1) is 0 Å². The molecule has 0 radical (unpaired) electrons. The molecule has 4 heteroatoms. The van der Waals surface area contributed by atoms with Gasteiger partial charge < -0.3 is 14.6 Å². The second-order valence-corrected chi connectivity index (χ2v) is 7.99. The summed E-state index contributed by atoms with van der Waals surface area (Å²) in [6.45, 7) is 2.80. The normalized spacial score (nSPS) is 16.8. The maximum atomic E-state index is 10.7. The summed E-state index contributed by atoms with van der Waals surface area (Å²) in [5, 5.41) is 8.81. The number of benzene rings is 3. The first kappa shape index (κ1) is 21.8. The SMILES string of the molecule is CC(C=Cc1ccc(C2OCC(c3ccccc3)(c3ccccc3)CO2)cc1)=CC(=O)O. The van der Waals surface area contributed by atoms with Crippen LogP contribution in [0.4, 0.5) is 0 Å². The van der Waals surface area contributed by atoms with E-state index in [-0.39, 0.29) is 5.41 Å². The zero-order valence-corrected chi connectivity index (χ0v) is 18.0. The highest BCUT2D eigenvalue weighted by Crippen LogP contribution is 2.39. The Balaban J connectivity index is 1.50. The predicted molar refractivity (Wildman–Crippen MR) is 125 cm³/mol. The molecule has 0 unspecified atom stereocenters. The number of carboxylic acids is 1. The zero-order valence-electron chi connectivity index (χ0n) is 18.0. The van der Waals surface area contributed by atoms with Gasteiger partial charge in [-0.25, -0.2) is 4.79 Å². The summed E-state index contributed by atoms with van der Waals surface area (Å²) in [7, 11) is 0. The van der Waals surface area contributed by atoms with Crippen molar-refractivity contribution in [1.82, 2.24) is 0 Å². The predicted octanol–water partition coefficient (Wildman–Crippen LogP) is 5.76. The molecule has 3 aromatic rings. The molecule has 0 spiro atoms. The Hall–Kier alpha value is -3.47. The topological polar surface area (TPSA) is 55.8 Å². The summed E-state index contributed by atoms with van der Waals surface area (Å²) in [5.74, 6) is -0.948. The van der Waals surface area contributed by atoms with Crippen LogP contribution in [0.5, 0.6) is 0 Å². The second kappa shape index (κ2) is 9.77. The molecule has 0 saturated carbocycles. The fourth-order valence-electron chi connectivity index (χ4n) is 3.97. The Kier molecular flexibility index (Phi) is 6.64. The molecular formula is C28H26O4. The number of hydrogen-bond donors (Lipinski definition) is 1. The van der Waals surface area contributed by atoms with E-state index in [4.69, 9.17) is 14.6 Å². The minimum Gasteiger partial charge on any atom is -0.478 e. The number of carboxylic acid groups (broad SMARTS) is 1. The van der Waals surface area contributed by atoms with Gasteiger partial charge >= 0.3 is 5.97 Å². The number of ether oxygens (including phenoxy) is 2. The number of aliphatic carboxylic acids is 1. The molecular weight excluding hydrogens is 400 g/mol. The zero-order chi connectivity index (χ0) is 22.4. The first-order valence-corrected chi connectivity index (χ1v) is 10.6. The van der Waals surface area contributed by atoms with E-state index in [2.05, 4.69) is 24.3 Å². The lowest BCUT2D eigenvalue weighted by atomic mass is 9.75. The average molecular weight is 427 g/mol. The van der Waals surface area contributed by atoms with Crippen LogP contribution in [0.25, 0.3) is 6.08 Å². The van der Waals surface area contributed by atoms with E-state index < -0.39 is 12.3 Å². The van der Waals surface area contributed by atoms with E-state index in [1.807, 2.05) is 66.7 Å². The molecule has 1 saturated heterocycles. The van der Waals surface area contributed by atoms with Crippen LogP contribution >= 0.6 is 0 Å². The molecule has 0 amide bonds. The Labute approximate surface area is 188 Å². The van der Waals surface area contributed by atoms with Gasteiger partial charge in [0.2, 0.25) is 0 Å². The average Bonchev–Trinajstić information content (AvgIpc) is 2.84. The lowest BCUT2D eigenvalue weighted by molar-refractivity contribution is -0.207. The molecule has 32 heavy (non-hydrogen) atoms. The van der Waals surface area contributed by atoms with Crippen LogP contribution in [0.3, 0.4) is 0 Å². The van der Waals surface area contributed by atoms with Gasteiger partial charge in [0.15, 0.2) is 6.29 Å². The monoisotopic (exact) mass is 426 g/mol. The quantitative estimate of drug-likeness (QED) is 0.402. The molecule has 0 bridgehead atoms. The van der Waals surface area contributed by atoms with Gasteiger partial charge in [0.1, 0.15) is 0 Å². The number of rotatable bonds is 6. The van der Waals surface area contributed by atoms with Crippen LogP contribution in [0.15, 0.2) is 103 Å². The van der Waals surface area contributed by atoms with Crippen LogP contribution in [0.1, 0.15) is 35.5 Å². The number of allylic oxidation sites excluding steroid dienone is 2. The van der Waals surface area contributed by atoms with E-state index in [0.717, 1.165) is 11.1 Å². The van der Waals surface area contributed by atoms with Crippen molar-refractivity contribution < 1.29 is 19.4 Å². The fraction of sp³-hybridized carbons (Fsp3) is 0.179. The first-order chi connectivity index (χ1) is 15.6. The van der Waals surface area contributed by atoms with Gasteiger partial charge in [-0.05, 0) is 29.2 Å². The standard InChI is InChI=1S/C28H26O4/c1-21(18-26(29)30)12-13-22-14-16-23(17-15-22)27-31-19-28(20-32-27,24-8-4-2-5-9-24)25-10-6-3-7-11-25/h2-18,27H,19-20H2,1H3,(H,29,30). The van der Waals surface area contributed by atoms with Gasteiger partial charge in [0, 0.05) is 11.6 Å². The van der Waals surface area contributed by atoms with Gasteiger partial charge in [-0.15, -0.1) is 0 Å². The summed E-state index contributed by atoms with van der Waals surface area (Å²) in [5.41, 5.74) is 4.61.